The molecule has 2 rings (SSSR count). The van der Waals surface area contributed by atoms with Crippen molar-refractivity contribution in [3.05, 3.63) is 53.1 Å². The van der Waals surface area contributed by atoms with Crippen molar-refractivity contribution >= 4 is 28.9 Å². The Morgan fingerprint density at radius 1 is 1.24 bits per heavy atom. The van der Waals surface area contributed by atoms with Gasteiger partial charge < -0.3 is 15.4 Å². The van der Waals surface area contributed by atoms with Crippen molar-refractivity contribution in [3.8, 4) is 5.75 Å². The van der Waals surface area contributed by atoms with Gasteiger partial charge in [0.1, 0.15) is 5.75 Å². The molecule has 110 valence electrons. The number of carbonyl (C=O) groups is 1. The minimum absolute atomic E-state index is 0.134. The van der Waals surface area contributed by atoms with Gasteiger partial charge in [0, 0.05) is 30.2 Å². The Bertz CT molecular complexity index is 644. The number of amides is 1. The summed E-state index contributed by atoms with van der Waals surface area (Å²) in [6, 6.07) is 13.2. The van der Waals surface area contributed by atoms with Gasteiger partial charge >= 0.3 is 0 Å². The molecule has 0 fully saturated rings. The number of methoxy groups -OCH3 is 1. The van der Waals surface area contributed by atoms with Crippen molar-refractivity contribution in [3.63, 3.8) is 0 Å². The summed E-state index contributed by atoms with van der Waals surface area (Å²) in [5.41, 5.74) is 2.55. The van der Waals surface area contributed by atoms with Gasteiger partial charge in [-0.1, -0.05) is 29.8 Å². The van der Waals surface area contributed by atoms with E-state index in [1.54, 1.807) is 13.2 Å². The molecule has 1 amide bonds. The maximum absolute atomic E-state index is 11.1. The summed E-state index contributed by atoms with van der Waals surface area (Å²) in [7, 11) is 1.57. The first-order chi connectivity index (χ1) is 10.1. The molecule has 0 saturated carbocycles. The third-order valence-electron chi connectivity index (χ3n) is 2.95. The number of rotatable bonds is 5. The van der Waals surface area contributed by atoms with Crippen LogP contribution in [0.25, 0.3) is 0 Å². The Morgan fingerprint density at radius 2 is 2.00 bits per heavy atom. The first-order valence-electron chi connectivity index (χ1n) is 6.53. The topological polar surface area (TPSA) is 50.4 Å². The monoisotopic (exact) mass is 304 g/mol. The number of halogens is 1. The average Bonchev–Trinajstić information content (AvgIpc) is 2.47. The van der Waals surface area contributed by atoms with Crippen molar-refractivity contribution in [1.82, 2.24) is 0 Å². The lowest BCUT2D eigenvalue weighted by molar-refractivity contribution is -0.114. The molecule has 0 atom stereocenters. The first-order valence-corrected chi connectivity index (χ1v) is 6.91. The van der Waals surface area contributed by atoms with E-state index in [4.69, 9.17) is 16.3 Å². The van der Waals surface area contributed by atoms with Crippen LogP contribution in [0.15, 0.2) is 42.5 Å². The molecule has 2 aromatic carbocycles. The Hall–Kier alpha value is -2.20. The van der Waals surface area contributed by atoms with Gasteiger partial charge in [-0.15, -0.1) is 0 Å². The molecule has 21 heavy (non-hydrogen) atoms. The second kappa shape index (κ2) is 6.99. The van der Waals surface area contributed by atoms with Crippen LogP contribution in [0, 0.1) is 0 Å². The zero-order valence-electron chi connectivity index (χ0n) is 11.9. The standard InChI is InChI=1S/C16H17ClN2O2/c1-11(20)19-15-8-7-13(9-16(15)21-2)18-10-12-5-3-4-6-14(12)17/h3-9,18H,10H2,1-2H3,(H,19,20). The van der Waals surface area contributed by atoms with Gasteiger partial charge in [0.05, 0.1) is 12.8 Å². The number of hydrogen-bond acceptors (Lipinski definition) is 3. The second-order valence-corrected chi connectivity index (χ2v) is 4.95. The molecular weight excluding hydrogens is 288 g/mol. The quantitative estimate of drug-likeness (QED) is 0.880. The first kappa shape index (κ1) is 15.2. The maximum atomic E-state index is 11.1. The van der Waals surface area contributed by atoms with Crippen LogP contribution >= 0.6 is 11.6 Å². The Labute approximate surface area is 129 Å². The van der Waals surface area contributed by atoms with E-state index in [1.165, 1.54) is 6.92 Å². The molecule has 0 spiro atoms. The molecule has 0 aliphatic carbocycles. The van der Waals surface area contributed by atoms with Crippen LogP contribution in [-0.4, -0.2) is 13.0 Å². The molecule has 2 aromatic rings. The summed E-state index contributed by atoms with van der Waals surface area (Å²) in [6.45, 7) is 2.07. The largest absolute Gasteiger partial charge is 0.494 e. The highest BCUT2D eigenvalue weighted by atomic mass is 35.5. The summed E-state index contributed by atoms with van der Waals surface area (Å²) in [5.74, 6) is 0.472. The smallest absolute Gasteiger partial charge is 0.221 e. The molecule has 0 saturated heterocycles. The highest BCUT2D eigenvalue weighted by molar-refractivity contribution is 6.31. The van der Waals surface area contributed by atoms with Gasteiger partial charge in [-0.05, 0) is 23.8 Å². The van der Waals surface area contributed by atoms with Crippen LogP contribution in [0.3, 0.4) is 0 Å². The maximum Gasteiger partial charge on any atom is 0.221 e. The number of benzene rings is 2. The Kier molecular flexibility index (Phi) is 5.06. The Balaban J connectivity index is 2.11. The fraction of sp³-hybridized carbons (Fsp3) is 0.188. The van der Waals surface area contributed by atoms with E-state index in [0.29, 0.717) is 18.0 Å². The van der Waals surface area contributed by atoms with E-state index in [-0.39, 0.29) is 5.91 Å². The molecule has 0 aliphatic rings. The fourth-order valence-corrected chi connectivity index (χ4v) is 2.14. The van der Waals surface area contributed by atoms with Gasteiger partial charge in [-0.2, -0.15) is 0 Å². The highest BCUT2D eigenvalue weighted by Crippen LogP contribution is 2.28. The van der Waals surface area contributed by atoms with E-state index in [0.717, 1.165) is 16.3 Å². The number of carbonyl (C=O) groups excluding carboxylic acids is 1. The van der Waals surface area contributed by atoms with E-state index >= 15 is 0 Å². The van der Waals surface area contributed by atoms with Crippen LogP contribution in [0.2, 0.25) is 5.02 Å². The Morgan fingerprint density at radius 3 is 2.67 bits per heavy atom. The summed E-state index contributed by atoms with van der Waals surface area (Å²) in [6.07, 6.45) is 0. The molecule has 0 bridgehead atoms. The van der Waals surface area contributed by atoms with Crippen LogP contribution in [-0.2, 0) is 11.3 Å². The van der Waals surface area contributed by atoms with Crippen LogP contribution < -0.4 is 15.4 Å². The molecule has 5 heteroatoms. The van der Waals surface area contributed by atoms with Crippen LogP contribution in [0.5, 0.6) is 5.75 Å². The minimum Gasteiger partial charge on any atom is -0.494 e. The van der Waals surface area contributed by atoms with Gasteiger partial charge in [0.2, 0.25) is 5.91 Å². The zero-order valence-corrected chi connectivity index (χ0v) is 12.7. The van der Waals surface area contributed by atoms with Crippen molar-refractivity contribution < 1.29 is 9.53 Å². The van der Waals surface area contributed by atoms with E-state index in [2.05, 4.69) is 10.6 Å². The number of ether oxygens (including phenoxy) is 1. The summed E-state index contributed by atoms with van der Waals surface area (Å²) in [4.78, 5) is 11.1. The predicted molar refractivity (Wildman–Crippen MR) is 86.1 cm³/mol. The number of nitrogens with one attached hydrogen (secondary N) is 2. The van der Waals surface area contributed by atoms with E-state index < -0.39 is 0 Å². The third kappa shape index (κ3) is 4.13. The normalized spacial score (nSPS) is 10.0. The van der Waals surface area contributed by atoms with Crippen molar-refractivity contribution in [2.75, 3.05) is 17.7 Å². The van der Waals surface area contributed by atoms with Crippen molar-refractivity contribution in [2.45, 2.75) is 13.5 Å². The molecule has 0 unspecified atom stereocenters. The van der Waals surface area contributed by atoms with Gasteiger partial charge in [-0.25, -0.2) is 0 Å². The lowest BCUT2D eigenvalue weighted by Crippen LogP contribution is -2.07. The molecule has 0 aliphatic heterocycles. The summed E-state index contributed by atoms with van der Waals surface area (Å²) in [5, 5.41) is 6.73. The highest BCUT2D eigenvalue weighted by Gasteiger charge is 2.06. The molecular formula is C16H17ClN2O2. The lowest BCUT2D eigenvalue weighted by atomic mass is 10.2. The molecule has 0 heterocycles. The SMILES string of the molecule is COc1cc(NCc2ccccc2Cl)ccc1NC(C)=O. The van der Waals surface area contributed by atoms with Crippen LogP contribution in [0.4, 0.5) is 11.4 Å². The van der Waals surface area contributed by atoms with Crippen LogP contribution in [0.1, 0.15) is 12.5 Å². The minimum atomic E-state index is -0.134. The predicted octanol–water partition coefficient (Wildman–Crippen LogP) is 3.92. The summed E-state index contributed by atoms with van der Waals surface area (Å²) < 4.78 is 5.28. The lowest BCUT2D eigenvalue weighted by Gasteiger charge is -2.13. The molecule has 2 N–H and O–H groups in total. The van der Waals surface area contributed by atoms with Crippen molar-refractivity contribution in [1.29, 1.82) is 0 Å². The fourth-order valence-electron chi connectivity index (χ4n) is 1.93. The van der Waals surface area contributed by atoms with Gasteiger partial charge in [0.15, 0.2) is 0 Å². The second-order valence-electron chi connectivity index (χ2n) is 4.54. The third-order valence-corrected chi connectivity index (χ3v) is 3.32. The zero-order chi connectivity index (χ0) is 15.2. The van der Waals surface area contributed by atoms with E-state index in [1.807, 2.05) is 36.4 Å². The van der Waals surface area contributed by atoms with Crippen molar-refractivity contribution in [2.24, 2.45) is 0 Å². The number of hydrogen-bond donors (Lipinski definition) is 2. The average molecular weight is 305 g/mol. The summed E-state index contributed by atoms with van der Waals surface area (Å²) >= 11 is 6.12. The van der Waals surface area contributed by atoms with Gasteiger partial charge in [0.25, 0.3) is 0 Å². The van der Waals surface area contributed by atoms with Gasteiger partial charge in [-0.3, -0.25) is 4.79 Å². The molecule has 4 nitrogen and oxygen atoms in total. The molecule has 0 aromatic heterocycles. The number of anilines is 2. The molecule has 0 radical (unpaired) electrons. The van der Waals surface area contributed by atoms with E-state index in [9.17, 15) is 4.79 Å².